The van der Waals surface area contributed by atoms with Gasteiger partial charge in [-0.25, -0.2) is 0 Å². The first kappa shape index (κ1) is 8.79. The van der Waals surface area contributed by atoms with E-state index in [1.165, 1.54) is 32.4 Å². The minimum Gasteiger partial charge on any atom is -0.454 e. The lowest BCUT2D eigenvalue weighted by molar-refractivity contribution is -0.879. The largest absolute Gasteiger partial charge is 0.454 e. The third kappa shape index (κ3) is 2.66. The summed E-state index contributed by atoms with van der Waals surface area (Å²) in [5.74, 6) is 0. The predicted octanol–water partition coefficient (Wildman–Crippen LogP) is 2.35. The second-order valence-electron chi connectivity index (χ2n) is 3.63. The topological polar surface area (TPSA) is 0 Å². The van der Waals surface area contributed by atoms with Crippen LogP contribution in [0.2, 0.25) is 0 Å². The fourth-order valence-corrected chi connectivity index (χ4v) is 1.62. The molecule has 64 valence electrons. The van der Waals surface area contributed by atoms with Gasteiger partial charge in [-0.1, -0.05) is 12.5 Å². The molecule has 1 aliphatic heterocycles. The molecule has 0 unspecified atom stereocenters. The summed E-state index contributed by atoms with van der Waals surface area (Å²) in [5, 5.41) is 0. The van der Waals surface area contributed by atoms with Gasteiger partial charge >= 0.3 is 0 Å². The molecule has 0 aromatic heterocycles. The molecular weight excluding hydrogens is 134 g/mol. The van der Waals surface area contributed by atoms with E-state index in [4.69, 9.17) is 0 Å². The van der Waals surface area contributed by atoms with E-state index in [1.54, 1.807) is 0 Å². The van der Waals surface area contributed by atoms with Crippen molar-refractivity contribution in [2.45, 2.75) is 26.2 Å². The molecule has 1 aliphatic rings. The highest BCUT2D eigenvalue weighted by molar-refractivity contribution is 4.78. The Morgan fingerprint density at radius 3 is 2.82 bits per heavy atom. The number of allylic oxidation sites excluding steroid dienone is 1. The van der Waals surface area contributed by atoms with Crippen LogP contribution in [0.3, 0.4) is 0 Å². The maximum Gasteiger partial charge on any atom is 0.0731 e. The summed E-state index contributed by atoms with van der Waals surface area (Å²) >= 11 is 0. The third-order valence-electron chi connectivity index (χ3n) is 2.45. The molecule has 1 rings (SSSR count). The Morgan fingerprint density at radius 1 is 1.45 bits per heavy atom. The summed E-state index contributed by atoms with van der Waals surface area (Å²) in [6.45, 7) is 7.04. The van der Waals surface area contributed by atoms with E-state index in [9.17, 15) is 0 Å². The molecule has 1 heterocycles. The molecule has 0 radical (unpaired) electrons. The minimum absolute atomic E-state index is 1.14. The summed E-state index contributed by atoms with van der Waals surface area (Å²) in [6.07, 6.45) is 8.50. The van der Waals surface area contributed by atoms with Crippen molar-refractivity contribution in [3.63, 3.8) is 0 Å². The Kier molecular flexibility index (Phi) is 3.13. The van der Waals surface area contributed by atoms with Crippen LogP contribution < -0.4 is 0 Å². The van der Waals surface area contributed by atoms with E-state index < -0.39 is 0 Å². The van der Waals surface area contributed by atoms with Gasteiger partial charge in [-0.3, -0.25) is 0 Å². The Bertz CT molecular complexity index is 132. The quantitative estimate of drug-likeness (QED) is 0.324. The first-order chi connectivity index (χ1) is 5.27. The lowest BCUT2D eigenvalue weighted by Crippen LogP contribution is -2.44. The molecule has 0 aliphatic carbocycles. The van der Waals surface area contributed by atoms with Crippen molar-refractivity contribution in [2.24, 2.45) is 0 Å². The molecule has 0 spiro atoms. The summed E-state index contributed by atoms with van der Waals surface area (Å²) in [5.41, 5.74) is 0. The van der Waals surface area contributed by atoms with Crippen LogP contribution in [0.15, 0.2) is 12.2 Å². The van der Waals surface area contributed by atoms with E-state index in [1.807, 2.05) is 0 Å². The molecule has 1 atom stereocenters. The molecular formula is C10H19N. The highest BCUT2D eigenvalue weighted by Gasteiger charge is 2.13. The second-order valence-corrected chi connectivity index (χ2v) is 3.63. The molecule has 11 heavy (non-hydrogen) atoms. The maximum atomic E-state index is 2.45. The van der Waals surface area contributed by atoms with E-state index in [0.29, 0.717) is 0 Å². The van der Waals surface area contributed by atoms with Crippen LogP contribution in [-0.4, -0.2) is 24.6 Å². The van der Waals surface area contributed by atoms with Crippen molar-refractivity contribution in [1.29, 1.82) is 0 Å². The van der Waals surface area contributed by atoms with Gasteiger partial charge in [0, 0.05) is 7.05 Å². The first-order valence-corrected chi connectivity index (χ1v) is 4.57. The number of rotatable bonds is 2. The van der Waals surface area contributed by atoms with E-state index in [2.05, 4.69) is 32.7 Å². The Balaban J connectivity index is 2.37. The second kappa shape index (κ2) is 3.91. The number of hydrogen-bond donors (Lipinski definition) is 0. The zero-order valence-electron chi connectivity index (χ0n) is 7.71. The van der Waals surface area contributed by atoms with Gasteiger partial charge in [0.05, 0.1) is 13.1 Å². The van der Waals surface area contributed by atoms with Gasteiger partial charge < -0.3 is 4.48 Å². The number of piperidine rings is 1. The Morgan fingerprint density at radius 2 is 2.27 bits per heavy atom. The number of quaternary nitrogens is 1. The fraction of sp³-hybridized carbons (Fsp3) is 0.700. The summed E-state index contributed by atoms with van der Waals surface area (Å²) in [4.78, 5) is 0. The first-order valence-electron chi connectivity index (χ1n) is 4.57. The number of likely N-dealkylation sites (N-methyl/N-ethyl adjacent to an activating group) is 1. The SMILES string of the molecule is C/C=C/C[N@+]1(C)[CH-]CCCC1. The van der Waals surface area contributed by atoms with Crippen LogP contribution in [0.1, 0.15) is 26.2 Å². The van der Waals surface area contributed by atoms with Gasteiger partial charge in [0.15, 0.2) is 0 Å². The smallest absolute Gasteiger partial charge is 0.0731 e. The average molecular weight is 153 g/mol. The molecule has 0 aromatic rings. The average Bonchev–Trinajstić information content (AvgIpc) is 2.03. The van der Waals surface area contributed by atoms with Crippen molar-refractivity contribution < 1.29 is 4.48 Å². The van der Waals surface area contributed by atoms with Crippen molar-refractivity contribution in [3.8, 4) is 0 Å². The van der Waals surface area contributed by atoms with Crippen LogP contribution in [0.4, 0.5) is 0 Å². The molecule has 1 saturated heterocycles. The van der Waals surface area contributed by atoms with Gasteiger partial charge in [-0.2, -0.15) is 0 Å². The summed E-state index contributed by atoms with van der Waals surface area (Å²) in [6, 6.07) is 0. The molecule has 1 fully saturated rings. The molecule has 1 heteroatoms. The Hall–Kier alpha value is -0.300. The van der Waals surface area contributed by atoms with E-state index in [-0.39, 0.29) is 0 Å². The lowest BCUT2D eigenvalue weighted by Gasteiger charge is -2.46. The van der Waals surface area contributed by atoms with E-state index >= 15 is 0 Å². The van der Waals surface area contributed by atoms with Crippen molar-refractivity contribution >= 4 is 0 Å². The molecule has 0 bridgehead atoms. The van der Waals surface area contributed by atoms with Crippen molar-refractivity contribution in [1.82, 2.24) is 0 Å². The molecule has 0 aromatic carbocycles. The van der Waals surface area contributed by atoms with Gasteiger partial charge in [-0.05, 0) is 19.4 Å². The van der Waals surface area contributed by atoms with E-state index in [0.717, 1.165) is 4.48 Å². The van der Waals surface area contributed by atoms with Gasteiger partial charge in [0.25, 0.3) is 0 Å². The van der Waals surface area contributed by atoms with Crippen molar-refractivity contribution in [3.05, 3.63) is 18.7 Å². The fourth-order valence-electron chi connectivity index (χ4n) is 1.62. The van der Waals surface area contributed by atoms with Gasteiger partial charge in [0.2, 0.25) is 0 Å². The standard InChI is InChI=1S/C10H19N/c1-3-4-8-11(2)9-6-5-7-10-11/h3-4,9H,5-8,10H2,1-2H3/b4-3+/t11-/m1/s1. The monoisotopic (exact) mass is 153 g/mol. The predicted molar refractivity (Wildman–Crippen MR) is 48.9 cm³/mol. The zero-order chi connectivity index (χ0) is 8.16. The van der Waals surface area contributed by atoms with Crippen molar-refractivity contribution in [2.75, 3.05) is 20.1 Å². The summed E-state index contributed by atoms with van der Waals surface area (Å²) in [7, 11) is 2.32. The normalized spacial score (nSPS) is 32.9. The third-order valence-corrected chi connectivity index (χ3v) is 2.45. The molecule has 1 nitrogen and oxygen atoms in total. The molecule has 0 saturated carbocycles. The zero-order valence-corrected chi connectivity index (χ0v) is 7.71. The maximum absolute atomic E-state index is 2.45. The Labute approximate surface area is 70.3 Å². The van der Waals surface area contributed by atoms with Crippen LogP contribution >= 0.6 is 0 Å². The summed E-state index contributed by atoms with van der Waals surface area (Å²) < 4.78 is 1.14. The van der Waals surface area contributed by atoms with Crippen LogP contribution in [0.5, 0.6) is 0 Å². The van der Waals surface area contributed by atoms with Gasteiger partial charge in [0.1, 0.15) is 0 Å². The van der Waals surface area contributed by atoms with Crippen LogP contribution in [0, 0.1) is 6.54 Å². The number of hydrogen-bond acceptors (Lipinski definition) is 0. The molecule has 0 amide bonds. The highest BCUT2D eigenvalue weighted by Crippen LogP contribution is 2.19. The van der Waals surface area contributed by atoms with Crippen LogP contribution in [0.25, 0.3) is 0 Å². The highest BCUT2D eigenvalue weighted by atomic mass is 15.3. The minimum atomic E-state index is 1.14. The molecule has 0 N–H and O–H groups in total. The lowest BCUT2D eigenvalue weighted by atomic mass is 10.1. The van der Waals surface area contributed by atoms with Gasteiger partial charge in [-0.15, -0.1) is 13.0 Å². The number of likely N-dealkylation sites (tertiary alicyclic amines) is 1. The van der Waals surface area contributed by atoms with Crippen LogP contribution in [-0.2, 0) is 0 Å². The number of nitrogens with zero attached hydrogens (tertiary/aromatic N) is 1.